The number of hydrogen-bond donors (Lipinski definition) is 5. The molecular weight excluding hydrogens is 337 g/mol. The molecular formula is C18H20FN5O2. The number of benzene rings is 2. The Morgan fingerprint density at radius 1 is 1.00 bits per heavy atom. The average molecular weight is 357 g/mol. The summed E-state index contributed by atoms with van der Waals surface area (Å²) in [7, 11) is 1.53. The van der Waals surface area contributed by atoms with Gasteiger partial charge in [-0.15, -0.1) is 0 Å². The van der Waals surface area contributed by atoms with Gasteiger partial charge < -0.3 is 16.0 Å². The smallest absolute Gasteiger partial charge is 0.318 e. The van der Waals surface area contributed by atoms with Gasteiger partial charge in [-0.3, -0.25) is 10.2 Å². The second-order valence-electron chi connectivity index (χ2n) is 5.93. The lowest BCUT2D eigenvalue weighted by atomic mass is 9.94. The van der Waals surface area contributed by atoms with E-state index >= 15 is 0 Å². The van der Waals surface area contributed by atoms with Gasteiger partial charge in [-0.2, -0.15) is 0 Å². The van der Waals surface area contributed by atoms with E-state index in [4.69, 9.17) is 0 Å². The summed E-state index contributed by atoms with van der Waals surface area (Å²) in [6, 6.07) is 12.4. The number of amides is 3. The minimum atomic E-state index is -0.343. The number of carbonyl (C=O) groups excluding carboxylic acids is 2. The van der Waals surface area contributed by atoms with Crippen molar-refractivity contribution in [1.82, 2.24) is 16.2 Å². The van der Waals surface area contributed by atoms with E-state index in [0.29, 0.717) is 17.9 Å². The minimum absolute atomic E-state index is 0.149. The van der Waals surface area contributed by atoms with Crippen molar-refractivity contribution in [1.29, 1.82) is 0 Å². The number of carbonyl (C=O) groups is 2. The highest BCUT2D eigenvalue weighted by Gasteiger charge is 2.33. The van der Waals surface area contributed by atoms with Crippen molar-refractivity contribution >= 4 is 23.3 Å². The summed E-state index contributed by atoms with van der Waals surface area (Å²) >= 11 is 0. The van der Waals surface area contributed by atoms with Gasteiger partial charge in [-0.25, -0.2) is 14.6 Å². The summed E-state index contributed by atoms with van der Waals surface area (Å²) in [6.07, 6.45) is 0. The van der Waals surface area contributed by atoms with Crippen LogP contribution in [0.25, 0.3) is 0 Å². The van der Waals surface area contributed by atoms with Crippen molar-refractivity contribution in [2.45, 2.75) is 6.04 Å². The van der Waals surface area contributed by atoms with Crippen molar-refractivity contribution < 1.29 is 14.0 Å². The maximum atomic E-state index is 13.1. The summed E-state index contributed by atoms with van der Waals surface area (Å²) in [4.78, 5) is 23.9. The normalized spacial score (nSPS) is 19.0. The van der Waals surface area contributed by atoms with E-state index in [1.165, 1.54) is 19.2 Å². The molecule has 1 heterocycles. The van der Waals surface area contributed by atoms with Crippen LogP contribution in [0.5, 0.6) is 0 Å². The van der Waals surface area contributed by atoms with Gasteiger partial charge in [0.15, 0.2) is 0 Å². The Labute approximate surface area is 150 Å². The maximum Gasteiger partial charge on any atom is 0.318 e. The molecule has 1 saturated heterocycles. The summed E-state index contributed by atoms with van der Waals surface area (Å²) in [5.74, 6) is -0.806. The molecule has 2 aromatic rings. The largest absolute Gasteiger partial charge is 0.341 e. The lowest BCUT2D eigenvalue weighted by Gasteiger charge is -2.18. The molecule has 0 aromatic heterocycles. The molecule has 26 heavy (non-hydrogen) atoms. The van der Waals surface area contributed by atoms with Crippen molar-refractivity contribution in [2.75, 3.05) is 24.2 Å². The van der Waals surface area contributed by atoms with Crippen LogP contribution >= 0.6 is 0 Å². The molecule has 2 aromatic carbocycles. The highest BCUT2D eigenvalue weighted by atomic mass is 19.1. The molecule has 8 heteroatoms. The highest BCUT2D eigenvalue weighted by molar-refractivity contribution is 5.94. The zero-order valence-corrected chi connectivity index (χ0v) is 14.2. The van der Waals surface area contributed by atoms with Crippen LogP contribution in [0.15, 0.2) is 48.5 Å². The number of anilines is 2. The quantitative estimate of drug-likeness (QED) is 0.578. The minimum Gasteiger partial charge on any atom is -0.341 e. The molecule has 3 amide bonds. The Kier molecular flexibility index (Phi) is 5.45. The maximum absolute atomic E-state index is 13.1. The monoisotopic (exact) mass is 357 g/mol. The van der Waals surface area contributed by atoms with Gasteiger partial charge in [0, 0.05) is 25.0 Å². The van der Waals surface area contributed by atoms with E-state index in [0.717, 1.165) is 5.56 Å². The van der Waals surface area contributed by atoms with E-state index in [1.807, 2.05) is 0 Å². The van der Waals surface area contributed by atoms with Crippen molar-refractivity contribution in [3.8, 4) is 0 Å². The fourth-order valence-electron chi connectivity index (χ4n) is 2.79. The number of hydrazine groups is 1. The molecule has 3 rings (SSSR count). The van der Waals surface area contributed by atoms with Crippen molar-refractivity contribution in [3.05, 3.63) is 59.9 Å². The third kappa shape index (κ3) is 4.16. The predicted molar refractivity (Wildman–Crippen MR) is 96.9 cm³/mol. The Morgan fingerprint density at radius 3 is 2.23 bits per heavy atom. The summed E-state index contributed by atoms with van der Waals surface area (Å²) in [5.41, 5.74) is 8.12. The highest BCUT2D eigenvalue weighted by Crippen LogP contribution is 2.26. The molecule has 0 spiro atoms. The third-order valence-corrected chi connectivity index (χ3v) is 4.19. The molecule has 136 valence electrons. The van der Waals surface area contributed by atoms with Crippen molar-refractivity contribution in [2.24, 2.45) is 5.92 Å². The summed E-state index contributed by atoms with van der Waals surface area (Å²) < 4.78 is 13.1. The second-order valence-corrected chi connectivity index (χ2v) is 5.93. The second kappa shape index (κ2) is 7.94. The van der Waals surface area contributed by atoms with Gasteiger partial charge in [0.2, 0.25) is 5.91 Å². The Bertz CT molecular complexity index is 779. The van der Waals surface area contributed by atoms with Crippen LogP contribution < -0.4 is 26.8 Å². The van der Waals surface area contributed by atoms with Gasteiger partial charge in [0.1, 0.15) is 5.82 Å². The number of rotatable bonds is 4. The van der Waals surface area contributed by atoms with Crippen LogP contribution in [0, 0.1) is 11.7 Å². The number of halogens is 1. The number of nitrogens with one attached hydrogen (secondary N) is 5. The fourth-order valence-corrected chi connectivity index (χ4v) is 2.79. The zero-order chi connectivity index (χ0) is 18.5. The van der Waals surface area contributed by atoms with Crippen LogP contribution in [-0.4, -0.2) is 25.5 Å². The fraction of sp³-hybridized carbons (Fsp3) is 0.222. The van der Waals surface area contributed by atoms with Gasteiger partial charge in [0.05, 0.1) is 12.0 Å². The molecule has 0 bridgehead atoms. The SMILES string of the molecule is CNC(=O)Nc1ccc(NC(=O)C2CNNC2c2ccc(F)cc2)cc1. The van der Waals surface area contributed by atoms with Crippen LogP contribution in [0.4, 0.5) is 20.6 Å². The summed E-state index contributed by atoms with van der Waals surface area (Å²) in [6.45, 7) is 0.462. The molecule has 1 aliphatic heterocycles. The summed E-state index contributed by atoms with van der Waals surface area (Å²) in [5, 5.41) is 7.98. The molecule has 1 aliphatic rings. The molecule has 0 aliphatic carbocycles. The van der Waals surface area contributed by atoms with E-state index in [-0.39, 0.29) is 29.7 Å². The molecule has 2 atom stereocenters. The van der Waals surface area contributed by atoms with E-state index in [9.17, 15) is 14.0 Å². The predicted octanol–water partition coefficient (Wildman–Crippen LogP) is 1.98. The molecule has 7 nitrogen and oxygen atoms in total. The molecule has 0 radical (unpaired) electrons. The van der Waals surface area contributed by atoms with E-state index in [1.54, 1.807) is 36.4 Å². The van der Waals surface area contributed by atoms with Crippen LogP contribution in [-0.2, 0) is 4.79 Å². The number of urea groups is 1. The standard InChI is InChI=1S/C18H20FN5O2/c1-20-18(26)23-14-8-6-13(7-9-14)22-17(25)15-10-21-24-16(15)11-2-4-12(19)5-3-11/h2-9,15-16,21,24H,10H2,1H3,(H,22,25)(H2,20,23,26). The van der Waals surface area contributed by atoms with E-state index in [2.05, 4.69) is 26.8 Å². The molecule has 1 fully saturated rings. The Balaban J connectivity index is 1.65. The number of hydrogen-bond acceptors (Lipinski definition) is 4. The first kappa shape index (κ1) is 17.8. The molecule has 5 N–H and O–H groups in total. The lowest BCUT2D eigenvalue weighted by molar-refractivity contribution is -0.119. The lowest BCUT2D eigenvalue weighted by Crippen LogP contribution is -2.29. The van der Waals surface area contributed by atoms with Crippen LogP contribution in [0.3, 0.4) is 0 Å². The Hall–Kier alpha value is -2.97. The van der Waals surface area contributed by atoms with Crippen LogP contribution in [0.2, 0.25) is 0 Å². The first-order valence-electron chi connectivity index (χ1n) is 8.20. The average Bonchev–Trinajstić information content (AvgIpc) is 3.14. The first-order chi connectivity index (χ1) is 12.6. The first-order valence-corrected chi connectivity index (χ1v) is 8.20. The van der Waals surface area contributed by atoms with Gasteiger partial charge >= 0.3 is 6.03 Å². The van der Waals surface area contributed by atoms with Crippen LogP contribution in [0.1, 0.15) is 11.6 Å². The van der Waals surface area contributed by atoms with Gasteiger partial charge in [-0.05, 0) is 42.0 Å². The molecule has 0 saturated carbocycles. The van der Waals surface area contributed by atoms with Crippen molar-refractivity contribution in [3.63, 3.8) is 0 Å². The third-order valence-electron chi connectivity index (χ3n) is 4.19. The molecule has 2 unspecified atom stereocenters. The van der Waals surface area contributed by atoms with Gasteiger partial charge in [-0.1, -0.05) is 12.1 Å². The Morgan fingerprint density at radius 2 is 1.62 bits per heavy atom. The topological polar surface area (TPSA) is 94.3 Å². The van der Waals surface area contributed by atoms with E-state index < -0.39 is 0 Å². The zero-order valence-electron chi connectivity index (χ0n) is 14.2. The van der Waals surface area contributed by atoms with Gasteiger partial charge in [0.25, 0.3) is 0 Å².